The molecule has 0 saturated heterocycles. The van der Waals surface area contributed by atoms with E-state index in [9.17, 15) is 4.79 Å². The van der Waals surface area contributed by atoms with Gasteiger partial charge in [-0.15, -0.1) is 24.0 Å². The van der Waals surface area contributed by atoms with Crippen molar-refractivity contribution in [1.29, 1.82) is 0 Å². The zero-order chi connectivity index (χ0) is 18.6. The molecule has 0 unspecified atom stereocenters. The lowest BCUT2D eigenvalue weighted by Crippen LogP contribution is -2.37. The zero-order valence-corrected chi connectivity index (χ0v) is 18.3. The summed E-state index contributed by atoms with van der Waals surface area (Å²) in [4.78, 5) is 15.9. The van der Waals surface area contributed by atoms with Crippen molar-refractivity contribution in [3.63, 3.8) is 0 Å². The van der Waals surface area contributed by atoms with Crippen molar-refractivity contribution in [3.8, 4) is 0 Å². The van der Waals surface area contributed by atoms with Crippen LogP contribution in [0.15, 0.2) is 47.7 Å². The summed E-state index contributed by atoms with van der Waals surface area (Å²) >= 11 is 0. The third-order valence-corrected chi connectivity index (χ3v) is 3.79. The number of guanidine groups is 1. The number of nitrogens with zero attached hydrogens (tertiary/aromatic N) is 3. The lowest BCUT2D eigenvalue weighted by atomic mass is 10.2. The highest BCUT2D eigenvalue weighted by molar-refractivity contribution is 14.0. The number of nitrogens with one attached hydrogen (secondary N) is 3. The minimum atomic E-state index is 0. The van der Waals surface area contributed by atoms with Gasteiger partial charge < -0.3 is 16.0 Å². The van der Waals surface area contributed by atoms with Crippen LogP contribution >= 0.6 is 24.0 Å². The topological polar surface area (TPSA) is 83.3 Å². The Kier molecular flexibility index (Phi) is 11.2. The van der Waals surface area contributed by atoms with Crippen molar-refractivity contribution in [3.05, 3.63) is 48.3 Å². The molecule has 0 bridgehead atoms. The van der Waals surface area contributed by atoms with Gasteiger partial charge in [-0.2, -0.15) is 5.10 Å². The van der Waals surface area contributed by atoms with Crippen LogP contribution in [0.4, 0.5) is 5.69 Å². The second kappa shape index (κ2) is 13.1. The minimum Gasteiger partial charge on any atom is -0.356 e. The molecule has 0 aliphatic carbocycles. The van der Waals surface area contributed by atoms with E-state index in [4.69, 9.17) is 0 Å². The molecule has 0 spiro atoms. The number of aryl methyl sites for hydroxylation is 1. The van der Waals surface area contributed by atoms with E-state index in [0.717, 1.165) is 43.1 Å². The standard InChI is InChI=1S/C19H28N6O.HI/c1-3-7-18(26)24-17-9-4-8-16(14-17)15-22-19(20-2)21-10-5-12-25-13-6-11-23-25;/h4,6,8-9,11,13-14H,3,5,7,10,12,15H2,1-2H3,(H,24,26)(H2,20,21,22);1H. The van der Waals surface area contributed by atoms with Crippen LogP contribution in [0.1, 0.15) is 31.7 Å². The summed E-state index contributed by atoms with van der Waals surface area (Å²) in [7, 11) is 1.75. The van der Waals surface area contributed by atoms with E-state index in [0.29, 0.717) is 13.0 Å². The number of carbonyl (C=O) groups excluding carboxylic acids is 1. The maximum atomic E-state index is 11.7. The van der Waals surface area contributed by atoms with Crippen molar-refractivity contribution in [2.24, 2.45) is 4.99 Å². The minimum absolute atomic E-state index is 0. The Bertz CT molecular complexity index is 702. The van der Waals surface area contributed by atoms with E-state index in [1.165, 1.54) is 0 Å². The fourth-order valence-corrected chi connectivity index (χ4v) is 2.50. The predicted octanol–water partition coefficient (Wildman–Crippen LogP) is 3.00. The summed E-state index contributed by atoms with van der Waals surface area (Å²) in [5, 5.41) is 13.7. The van der Waals surface area contributed by atoms with Crippen molar-refractivity contribution in [1.82, 2.24) is 20.4 Å². The average molecular weight is 484 g/mol. The highest BCUT2D eigenvalue weighted by Gasteiger charge is 2.03. The van der Waals surface area contributed by atoms with E-state index in [2.05, 4.69) is 26.0 Å². The SMILES string of the molecule is CCCC(=O)Nc1cccc(CNC(=NC)NCCCn2cccn2)c1.I. The van der Waals surface area contributed by atoms with Crippen LogP contribution in [0.3, 0.4) is 0 Å². The summed E-state index contributed by atoms with van der Waals surface area (Å²) < 4.78 is 1.91. The summed E-state index contributed by atoms with van der Waals surface area (Å²) in [6.07, 6.45) is 6.08. The van der Waals surface area contributed by atoms with Gasteiger partial charge in [0.2, 0.25) is 5.91 Å². The maximum Gasteiger partial charge on any atom is 0.224 e. The van der Waals surface area contributed by atoms with Gasteiger partial charge in [0.05, 0.1) is 0 Å². The summed E-state index contributed by atoms with van der Waals surface area (Å²) in [6, 6.07) is 9.77. The Morgan fingerprint density at radius 3 is 2.81 bits per heavy atom. The van der Waals surface area contributed by atoms with E-state index in [1.54, 1.807) is 13.2 Å². The van der Waals surface area contributed by atoms with Gasteiger partial charge in [0.15, 0.2) is 5.96 Å². The smallest absolute Gasteiger partial charge is 0.224 e. The molecular formula is C19H29IN6O. The van der Waals surface area contributed by atoms with E-state index in [-0.39, 0.29) is 29.9 Å². The molecule has 7 nitrogen and oxygen atoms in total. The third-order valence-electron chi connectivity index (χ3n) is 3.79. The number of halogens is 1. The summed E-state index contributed by atoms with van der Waals surface area (Å²) in [5.74, 6) is 0.804. The first-order chi connectivity index (χ1) is 12.7. The van der Waals surface area contributed by atoms with Gasteiger partial charge in [0.1, 0.15) is 0 Å². The predicted molar refractivity (Wildman–Crippen MR) is 120 cm³/mol. The average Bonchev–Trinajstić information content (AvgIpc) is 3.15. The molecule has 1 aromatic heterocycles. The highest BCUT2D eigenvalue weighted by Crippen LogP contribution is 2.11. The third kappa shape index (κ3) is 8.89. The van der Waals surface area contributed by atoms with Crippen molar-refractivity contribution >= 4 is 41.5 Å². The Morgan fingerprint density at radius 2 is 2.11 bits per heavy atom. The molecular weight excluding hydrogens is 455 g/mol. The first-order valence-electron chi connectivity index (χ1n) is 9.02. The number of carbonyl (C=O) groups is 1. The Labute approximate surface area is 178 Å². The first-order valence-corrected chi connectivity index (χ1v) is 9.02. The molecule has 8 heteroatoms. The Balaban J connectivity index is 0.00000364. The molecule has 0 radical (unpaired) electrons. The number of anilines is 1. The molecule has 0 saturated carbocycles. The molecule has 1 heterocycles. The summed E-state index contributed by atoms with van der Waals surface area (Å²) in [6.45, 7) is 4.31. The first kappa shape index (κ1) is 22.9. The van der Waals surface area contributed by atoms with Gasteiger partial charge >= 0.3 is 0 Å². The quantitative estimate of drug-likeness (QED) is 0.221. The molecule has 2 aromatic rings. The number of rotatable bonds is 9. The van der Waals surface area contributed by atoms with Gasteiger partial charge in [-0.05, 0) is 36.6 Å². The van der Waals surface area contributed by atoms with Crippen molar-refractivity contribution in [2.45, 2.75) is 39.3 Å². The number of aromatic nitrogens is 2. The van der Waals surface area contributed by atoms with Crippen LogP contribution in [0.5, 0.6) is 0 Å². The van der Waals surface area contributed by atoms with Crippen LogP contribution < -0.4 is 16.0 Å². The molecule has 1 amide bonds. The van der Waals surface area contributed by atoms with Crippen LogP contribution in [0, 0.1) is 0 Å². The van der Waals surface area contributed by atoms with Crippen molar-refractivity contribution < 1.29 is 4.79 Å². The normalized spacial score (nSPS) is 10.8. The van der Waals surface area contributed by atoms with Crippen LogP contribution in [0.25, 0.3) is 0 Å². The molecule has 0 aliphatic heterocycles. The van der Waals surface area contributed by atoms with Gasteiger partial charge in [-0.1, -0.05) is 19.1 Å². The molecule has 0 aliphatic rings. The molecule has 3 N–H and O–H groups in total. The van der Waals surface area contributed by atoms with Gasteiger partial charge in [-0.25, -0.2) is 0 Å². The van der Waals surface area contributed by atoms with E-state index >= 15 is 0 Å². The molecule has 0 atom stereocenters. The molecule has 148 valence electrons. The second-order valence-corrected chi connectivity index (χ2v) is 5.97. The Morgan fingerprint density at radius 1 is 1.26 bits per heavy atom. The lowest BCUT2D eigenvalue weighted by Gasteiger charge is -2.13. The maximum absolute atomic E-state index is 11.7. The molecule has 2 rings (SSSR count). The zero-order valence-electron chi connectivity index (χ0n) is 15.9. The number of aliphatic imine (C=N–C) groups is 1. The second-order valence-electron chi connectivity index (χ2n) is 5.97. The monoisotopic (exact) mass is 484 g/mol. The van der Waals surface area contributed by atoms with Gasteiger partial charge in [0.25, 0.3) is 0 Å². The molecule has 1 aromatic carbocycles. The lowest BCUT2D eigenvalue weighted by molar-refractivity contribution is -0.116. The van der Waals surface area contributed by atoms with E-state index in [1.807, 2.05) is 48.1 Å². The highest BCUT2D eigenvalue weighted by atomic mass is 127. The van der Waals surface area contributed by atoms with Crippen LogP contribution in [0.2, 0.25) is 0 Å². The summed E-state index contributed by atoms with van der Waals surface area (Å²) in [5.41, 5.74) is 1.91. The number of benzene rings is 1. The molecule has 0 fully saturated rings. The Hall–Kier alpha value is -2.10. The van der Waals surface area contributed by atoms with Crippen LogP contribution in [-0.2, 0) is 17.9 Å². The van der Waals surface area contributed by atoms with Gasteiger partial charge in [-0.3, -0.25) is 14.5 Å². The van der Waals surface area contributed by atoms with Crippen molar-refractivity contribution in [2.75, 3.05) is 18.9 Å². The fraction of sp³-hybridized carbons (Fsp3) is 0.421. The molecule has 27 heavy (non-hydrogen) atoms. The van der Waals surface area contributed by atoms with Crippen LogP contribution in [-0.4, -0.2) is 35.2 Å². The largest absolute Gasteiger partial charge is 0.356 e. The fourth-order valence-electron chi connectivity index (χ4n) is 2.50. The van der Waals surface area contributed by atoms with E-state index < -0.39 is 0 Å². The number of hydrogen-bond donors (Lipinski definition) is 3. The number of amides is 1. The van der Waals surface area contributed by atoms with Gasteiger partial charge in [0, 0.05) is 51.2 Å². The number of hydrogen-bond acceptors (Lipinski definition) is 3.